The van der Waals surface area contributed by atoms with E-state index in [0.29, 0.717) is 17.8 Å². The number of benzene rings is 1. The van der Waals surface area contributed by atoms with Crippen LogP contribution in [0.5, 0.6) is 0 Å². The monoisotopic (exact) mass is 466 g/mol. The number of nitriles is 1. The molecule has 29 heavy (non-hydrogen) atoms. The van der Waals surface area contributed by atoms with E-state index in [1.807, 2.05) is 19.9 Å². The summed E-state index contributed by atoms with van der Waals surface area (Å²) in [5.41, 5.74) is -3.07. The summed E-state index contributed by atoms with van der Waals surface area (Å²) < 4.78 is 43.9. The topological polar surface area (TPSA) is 82.9 Å². The fraction of sp³-hybridized carbons (Fsp3) is 0.278. The van der Waals surface area contributed by atoms with Gasteiger partial charge in [-0.15, -0.1) is 0 Å². The molecule has 1 heterocycles. The fourth-order valence-corrected chi connectivity index (χ4v) is 3.70. The molecule has 0 bridgehead atoms. The molecule has 0 saturated carbocycles. The van der Waals surface area contributed by atoms with E-state index in [2.05, 4.69) is 0 Å². The molecular weight excluding hydrogens is 452 g/mol. The lowest BCUT2D eigenvalue weighted by atomic mass is 10.2. The number of H-pyrrole nitrogens is 1. The summed E-state index contributed by atoms with van der Waals surface area (Å²) in [4.78, 5) is 25.5. The van der Waals surface area contributed by atoms with Crippen LogP contribution in [0.3, 0.4) is 0 Å². The molecule has 0 radical (unpaired) electrons. The molecule has 1 N–H and O–H groups in total. The van der Waals surface area contributed by atoms with Crippen LogP contribution in [0, 0.1) is 11.3 Å². The van der Waals surface area contributed by atoms with Crippen molar-refractivity contribution < 1.29 is 22.7 Å². The minimum atomic E-state index is -4.85. The number of aromatic nitrogens is 1. The molecule has 0 fully saturated rings. The van der Waals surface area contributed by atoms with Crippen molar-refractivity contribution in [2.24, 2.45) is 0 Å². The van der Waals surface area contributed by atoms with E-state index in [9.17, 15) is 22.8 Å². The lowest BCUT2D eigenvalue weighted by Gasteiger charge is -2.13. The largest absolute Gasteiger partial charge is 0.462 e. The van der Waals surface area contributed by atoms with Gasteiger partial charge in [0.2, 0.25) is 0 Å². The summed E-state index contributed by atoms with van der Waals surface area (Å²) in [5, 5.41) is 8.86. The van der Waals surface area contributed by atoms with Crippen molar-refractivity contribution in [3.8, 4) is 6.07 Å². The Kier molecular flexibility index (Phi) is 9.08. The molecule has 2 aromatic rings. The summed E-state index contributed by atoms with van der Waals surface area (Å²) in [6.45, 7) is 5.40. The number of esters is 1. The molecule has 0 aliphatic carbocycles. The lowest BCUT2D eigenvalue weighted by Crippen LogP contribution is -2.25. The zero-order chi connectivity index (χ0) is 22.4. The normalized spacial score (nSPS) is 10.6. The number of carbonyl (C=O) groups is 1. The molecule has 11 heteroatoms. The predicted molar refractivity (Wildman–Crippen MR) is 105 cm³/mol. The molecule has 0 unspecified atom stereocenters. The highest BCUT2D eigenvalue weighted by Crippen LogP contribution is 2.41. The Labute approximate surface area is 178 Å². The third-order valence-corrected chi connectivity index (χ3v) is 5.13. The van der Waals surface area contributed by atoms with Crippen LogP contribution in [0.15, 0.2) is 32.8 Å². The minimum Gasteiger partial charge on any atom is -0.462 e. The summed E-state index contributed by atoms with van der Waals surface area (Å²) >= 11 is 12.7. The number of carbonyl (C=O) groups excluding carboxylic acids is 1. The number of ether oxygens (including phenoxy) is 1. The Morgan fingerprint density at radius 2 is 1.79 bits per heavy atom. The van der Waals surface area contributed by atoms with E-state index in [1.165, 1.54) is 19.1 Å². The number of pyridine rings is 1. The fourth-order valence-electron chi connectivity index (χ4n) is 2.00. The first kappa shape index (κ1) is 24.9. The first-order valence-corrected chi connectivity index (χ1v) is 9.74. The highest BCUT2D eigenvalue weighted by molar-refractivity contribution is 7.99. The van der Waals surface area contributed by atoms with Crippen LogP contribution >= 0.6 is 35.0 Å². The van der Waals surface area contributed by atoms with Crippen LogP contribution in [0.2, 0.25) is 10.0 Å². The third kappa shape index (κ3) is 6.16. The van der Waals surface area contributed by atoms with Gasteiger partial charge in [0.1, 0.15) is 11.3 Å². The minimum absolute atomic E-state index is 0.0206. The number of nitrogens with one attached hydrogen (secondary N) is 1. The molecule has 0 saturated heterocycles. The van der Waals surface area contributed by atoms with Crippen LogP contribution in [0.4, 0.5) is 13.2 Å². The molecule has 1 aromatic carbocycles. The number of hydrogen-bond acceptors (Lipinski definition) is 5. The van der Waals surface area contributed by atoms with Gasteiger partial charge in [0.15, 0.2) is 0 Å². The first-order valence-electron chi connectivity index (χ1n) is 8.17. The second-order valence-electron chi connectivity index (χ2n) is 4.95. The number of rotatable bonds is 4. The molecule has 0 aliphatic heterocycles. The Hall–Kier alpha value is -2.15. The van der Waals surface area contributed by atoms with Gasteiger partial charge in [0.25, 0.3) is 5.56 Å². The Balaban J connectivity index is 0.00000204. The number of nitrogens with zero attached hydrogens (tertiary/aromatic N) is 1. The molecular formula is C18H15Cl2F3N2O3S. The van der Waals surface area contributed by atoms with E-state index in [4.69, 9.17) is 33.2 Å². The summed E-state index contributed by atoms with van der Waals surface area (Å²) in [7, 11) is 0. The van der Waals surface area contributed by atoms with Crippen molar-refractivity contribution in [2.75, 3.05) is 6.61 Å². The maximum Gasteiger partial charge on any atom is 0.431 e. The SMILES string of the molecule is CC.CCOC(=O)c1c(Sc2c(Cl)cc(C#N)cc2Cl)cc(C(F)(F)F)[nH]c1=O. The van der Waals surface area contributed by atoms with Crippen molar-refractivity contribution in [3.63, 3.8) is 0 Å². The van der Waals surface area contributed by atoms with Crippen molar-refractivity contribution in [3.05, 3.63) is 55.4 Å². The third-order valence-electron chi connectivity index (χ3n) is 3.12. The van der Waals surface area contributed by atoms with E-state index < -0.39 is 29.0 Å². The van der Waals surface area contributed by atoms with E-state index in [0.717, 1.165) is 0 Å². The summed E-state index contributed by atoms with van der Waals surface area (Å²) in [6, 6.07) is 4.95. The van der Waals surface area contributed by atoms with Crippen LogP contribution in [0.25, 0.3) is 0 Å². The second kappa shape index (κ2) is 10.6. The lowest BCUT2D eigenvalue weighted by molar-refractivity contribution is -0.141. The van der Waals surface area contributed by atoms with Gasteiger partial charge < -0.3 is 9.72 Å². The van der Waals surface area contributed by atoms with E-state index >= 15 is 0 Å². The molecule has 156 valence electrons. The van der Waals surface area contributed by atoms with Crippen molar-refractivity contribution >= 4 is 40.9 Å². The van der Waals surface area contributed by atoms with Crippen LogP contribution in [-0.2, 0) is 10.9 Å². The average molecular weight is 467 g/mol. The molecule has 5 nitrogen and oxygen atoms in total. The molecule has 0 spiro atoms. The van der Waals surface area contributed by atoms with Gasteiger partial charge in [0.05, 0.1) is 28.3 Å². The summed E-state index contributed by atoms with van der Waals surface area (Å²) in [6.07, 6.45) is -4.85. The number of aromatic amines is 1. The van der Waals surface area contributed by atoms with Crippen molar-refractivity contribution in [1.82, 2.24) is 4.98 Å². The molecule has 2 rings (SSSR count). The Morgan fingerprint density at radius 1 is 1.24 bits per heavy atom. The van der Waals surface area contributed by atoms with Gasteiger partial charge in [-0.05, 0) is 25.1 Å². The van der Waals surface area contributed by atoms with Crippen LogP contribution < -0.4 is 5.56 Å². The maximum absolute atomic E-state index is 13.0. The maximum atomic E-state index is 13.0. The summed E-state index contributed by atoms with van der Waals surface area (Å²) in [5.74, 6) is -1.09. The number of hydrogen-bond donors (Lipinski definition) is 1. The van der Waals surface area contributed by atoms with Gasteiger partial charge in [-0.1, -0.05) is 48.8 Å². The van der Waals surface area contributed by atoms with Gasteiger partial charge in [-0.3, -0.25) is 4.79 Å². The predicted octanol–water partition coefficient (Wildman–Crippen LogP) is 5.93. The zero-order valence-corrected chi connectivity index (χ0v) is 17.7. The van der Waals surface area contributed by atoms with Crippen LogP contribution in [-0.4, -0.2) is 17.6 Å². The van der Waals surface area contributed by atoms with Gasteiger partial charge in [0, 0.05) is 9.79 Å². The van der Waals surface area contributed by atoms with Gasteiger partial charge >= 0.3 is 12.1 Å². The number of halogens is 5. The van der Waals surface area contributed by atoms with E-state index in [1.54, 1.807) is 4.98 Å². The van der Waals surface area contributed by atoms with Gasteiger partial charge in [-0.2, -0.15) is 18.4 Å². The van der Waals surface area contributed by atoms with Crippen molar-refractivity contribution in [2.45, 2.75) is 36.7 Å². The average Bonchev–Trinajstić information content (AvgIpc) is 2.65. The second-order valence-corrected chi connectivity index (χ2v) is 6.82. The molecule has 1 aromatic heterocycles. The standard InChI is InChI=1S/C16H9Cl2F3N2O3S.C2H6/c1-2-26-15(25)12-10(5-11(16(19,20)21)23-14(12)24)27-13-8(17)3-7(6-22)4-9(13)18;1-2/h3-5H,2H2,1H3,(H,23,24);1-2H3. The zero-order valence-electron chi connectivity index (χ0n) is 15.4. The number of alkyl halides is 3. The molecule has 0 atom stereocenters. The van der Waals surface area contributed by atoms with Gasteiger partial charge in [-0.25, -0.2) is 4.79 Å². The first-order chi connectivity index (χ1) is 13.6. The highest BCUT2D eigenvalue weighted by Gasteiger charge is 2.34. The van der Waals surface area contributed by atoms with Crippen LogP contribution in [0.1, 0.15) is 42.4 Å². The smallest absolute Gasteiger partial charge is 0.431 e. The molecule has 0 aliphatic rings. The van der Waals surface area contributed by atoms with E-state index in [-0.39, 0.29) is 32.0 Å². The highest BCUT2D eigenvalue weighted by atomic mass is 35.5. The Morgan fingerprint density at radius 3 is 2.24 bits per heavy atom. The van der Waals surface area contributed by atoms with Crippen molar-refractivity contribution in [1.29, 1.82) is 5.26 Å². The molecule has 0 amide bonds. The Bertz CT molecular complexity index is 978. The quantitative estimate of drug-likeness (QED) is 0.564.